The predicted molar refractivity (Wildman–Crippen MR) is 75.6 cm³/mol. The van der Waals surface area contributed by atoms with Crippen LogP contribution in [0.4, 0.5) is 5.69 Å². The predicted octanol–water partition coefficient (Wildman–Crippen LogP) is 3.08. The molecule has 5 nitrogen and oxygen atoms in total. The Morgan fingerprint density at radius 3 is 2.60 bits per heavy atom. The number of rotatable bonds is 4. The molecule has 0 aromatic carbocycles. The third-order valence-electron chi connectivity index (χ3n) is 3.73. The van der Waals surface area contributed by atoms with Crippen LogP contribution in [0.25, 0.3) is 0 Å². The number of nitrogens with one attached hydrogen (secondary N) is 1. The highest BCUT2D eigenvalue weighted by Crippen LogP contribution is 2.26. The van der Waals surface area contributed by atoms with Crippen molar-refractivity contribution >= 4 is 17.6 Å². The van der Waals surface area contributed by atoms with E-state index in [0.717, 1.165) is 12.8 Å². The highest BCUT2D eigenvalue weighted by atomic mass is 16.4. The Kier molecular flexibility index (Phi) is 5.09. The summed E-state index contributed by atoms with van der Waals surface area (Å²) in [6, 6.07) is 3.19. The van der Waals surface area contributed by atoms with Crippen molar-refractivity contribution in [3.8, 4) is 0 Å². The molecule has 1 fully saturated rings. The lowest BCUT2D eigenvalue weighted by molar-refractivity contribution is -0.117. The molecular formula is C15H20N2O3. The molecule has 1 aromatic rings. The van der Waals surface area contributed by atoms with Crippen molar-refractivity contribution in [2.75, 3.05) is 5.32 Å². The second kappa shape index (κ2) is 7.03. The normalized spacial score (nSPS) is 16.4. The van der Waals surface area contributed by atoms with Gasteiger partial charge in [0.1, 0.15) is 0 Å². The Bertz CT molecular complexity index is 480. The second-order valence-corrected chi connectivity index (χ2v) is 5.31. The van der Waals surface area contributed by atoms with Gasteiger partial charge in [0.05, 0.1) is 5.69 Å². The van der Waals surface area contributed by atoms with Crippen LogP contribution >= 0.6 is 0 Å². The summed E-state index contributed by atoms with van der Waals surface area (Å²) in [7, 11) is 0. The van der Waals surface area contributed by atoms with Crippen LogP contribution in [0.15, 0.2) is 18.3 Å². The van der Waals surface area contributed by atoms with Gasteiger partial charge in [0.2, 0.25) is 5.91 Å². The first-order valence-electron chi connectivity index (χ1n) is 7.15. The summed E-state index contributed by atoms with van der Waals surface area (Å²) in [6.45, 7) is 0. The minimum absolute atomic E-state index is 0.110. The van der Waals surface area contributed by atoms with Gasteiger partial charge in [-0.15, -0.1) is 0 Å². The van der Waals surface area contributed by atoms with Crippen LogP contribution in [0.2, 0.25) is 0 Å². The fraction of sp³-hybridized carbons (Fsp3) is 0.533. The molecule has 20 heavy (non-hydrogen) atoms. The Hall–Kier alpha value is -1.91. The molecule has 0 spiro atoms. The van der Waals surface area contributed by atoms with Crippen LogP contribution in [0.1, 0.15) is 55.4 Å². The summed E-state index contributed by atoms with van der Waals surface area (Å²) < 4.78 is 0. The number of amides is 1. The number of aromatic nitrogens is 1. The molecular weight excluding hydrogens is 256 g/mol. The maximum atomic E-state index is 12.0. The molecule has 1 amide bonds. The maximum Gasteiger partial charge on any atom is 0.356 e. The van der Waals surface area contributed by atoms with Crippen molar-refractivity contribution < 1.29 is 14.7 Å². The van der Waals surface area contributed by atoms with E-state index in [1.807, 2.05) is 0 Å². The number of carboxylic acid groups (broad SMARTS) is 1. The lowest BCUT2D eigenvalue weighted by Gasteiger charge is -2.14. The van der Waals surface area contributed by atoms with E-state index >= 15 is 0 Å². The monoisotopic (exact) mass is 276 g/mol. The van der Waals surface area contributed by atoms with Gasteiger partial charge in [-0.3, -0.25) is 4.79 Å². The number of carbonyl (C=O) groups excluding carboxylic acids is 1. The van der Waals surface area contributed by atoms with Gasteiger partial charge in [0, 0.05) is 12.6 Å². The second-order valence-electron chi connectivity index (χ2n) is 5.31. The van der Waals surface area contributed by atoms with E-state index < -0.39 is 5.97 Å². The lowest BCUT2D eigenvalue weighted by Crippen LogP contribution is -2.18. The maximum absolute atomic E-state index is 12.0. The van der Waals surface area contributed by atoms with Crippen LogP contribution in [-0.4, -0.2) is 22.0 Å². The smallest absolute Gasteiger partial charge is 0.356 e. The van der Waals surface area contributed by atoms with E-state index in [4.69, 9.17) is 5.11 Å². The standard InChI is InChI=1S/C15H20N2O3/c18-13(10-11-6-3-1-2-4-7-11)17-12-8-5-9-16-14(12)15(19)20/h5,8-9,11H,1-4,6-7,10H2,(H,17,18)(H,19,20). The molecule has 1 aliphatic carbocycles. The summed E-state index contributed by atoms with van der Waals surface area (Å²) in [4.78, 5) is 26.8. The zero-order chi connectivity index (χ0) is 14.4. The molecule has 1 heterocycles. The SMILES string of the molecule is O=C(CC1CCCCCC1)Nc1cccnc1C(=O)O. The fourth-order valence-electron chi connectivity index (χ4n) is 2.71. The molecule has 0 saturated heterocycles. The number of nitrogens with zero attached hydrogens (tertiary/aromatic N) is 1. The average Bonchev–Trinajstić information content (AvgIpc) is 2.67. The third-order valence-corrected chi connectivity index (χ3v) is 3.73. The van der Waals surface area contributed by atoms with Gasteiger partial charge in [-0.1, -0.05) is 25.7 Å². The minimum Gasteiger partial charge on any atom is -0.476 e. The van der Waals surface area contributed by atoms with Crippen molar-refractivity contribution in [2.24, 2.45) is 5.92 Å². The van der Waals surface area contributed by atoms with E-state index in [1.165, 1.54) is 31.9 Å². The van der Waals surface area contributed by atoms with Gasteiger partial charge in [0.25, 0.3) is 0 Å². The number of hydrogen-bond donors (Lipinski definition) is 2. The van der Waals surface area contributed by atoms with Crippen molar-refractivity contribution in [3.05, 3.63) is 24.0 Å². The highest BCUT2D eigenvalue weighted by Gasteiger charge is 2.18. The summed E-state index contributed by atoms with van der Waals surface area (Å²) in [5.41, 5.74) is 0.167. The average molecular weight is 276 g/mol. The Labute approximate surface area is 118 Å². The number of anilines is 1. The Balaban J connectivity index is 1.95. The number of aromatic carboxylic acids is 1. The van der Waals surface area contributed by atoms with E-state index in [0.29, 0.717) is 12.3 Å². The topological polar surface area (TPSA) is 79.3 Å². The van der Waals surface area contributed by atoms with Gasteiger partial charge >= 0.3 is 5.97 Å². The van der Waals surface area contributed by atoms with Gasteiger partial charge in [0.15, 0.2) is 5.69 Å². The largest absolute Gasteiger partial charge is 0.476 e. The first-order chi connectivity index (χ1) is 9.66. The van der Waals surface area contributed by atoms with Gasteiger partial charge in [-0.25, -0.2) is 9.78 Å². The van der Waals surface area contributed by atoms with Crippen LogP contribution in [0.5, 0.6) is 0 Å². The molecule has 1 saturated carbocycles. The van der Waals surface area contributed by atoms with Gasteiger partial charge < -0.3 is 10.4 Å². The number of pyridine rings is 1. The lowest BCUT2D eigenvalue weighted by atomic mass is 9.96. The molecule has 0 bridgehead atoms. The number of carbonyl (C=O) groups is 2. The molecule has 0 unspecified atom stereocenters. The van der Waals surface area contributed by atoms with Gasteiger partial charge in [-0.05, 0) is 30.9 Å². The molecule has 1 aromatic heterocycles. The van der Waals surface area contributed by atoms with E-state index in [9.17, 15) is 9.59 Å². The highest BCUT2D eigenvalue weighted by molar-refractivity contribution is 5.99. The molecule has 0 atom stereocenters. The zero-order valence-electron chi connectivity index (χ0n) is 11.5. The first-order valence-corrected chi connectivity index (χ1v) is 7.15. The summed E-state index contributed by atoms with van der Waals surface area (Å²) in [6.07, 6.45) is 8.93. The van der Waals surface area contributed by atoms with E-state index in [2.05, 4.69) is 10.3 Å². The van der Waals surface area contributed by atoms with Crippen molar-refractivity contribution in [1.29, 1.82) is 0 Å². The third kappa shape index (κ3) is 4.05. The summed E-state index contributed by atoms with van der Waals surface area (Å²) in [5.74, 6) is -0.829. The zero-order valence-corrected chi connectivity index (χ0v) is 11.5. The number of hydrogen-bond acceptors (Lipinski definition) is 3. The van der Waals surface area contributed by atoms with Crippen LogP contribution in [0, 0.1) is 5.92 Å². The molecule has 1 aliphatic rings. The van der Waals surface area contributed by atoms with Gasteiger partial charge in [-0.2, -0.15) is 0 Å². The first kappa shape index (κ1) is 14.5. The Morgan fingerprint density at radius 2 is 1.95 bits per heavy atom. The number of carboxylic acids is 1. The van der Waals surface area contributed by atoms with Crippen molar-refractivity contribution in [3.63, 3.8) is 0 Å². The molecule has 0 radical (unpaired) electrons. The molecule has 108 valence electrons. The molecule has 0 aliphatic heterocycles. The van der Waals surface area contributed by atoms with Crippen LogP contribution < -0.4 is 5.32 Å². The minimum atomic E-state index is -1.13. The van der Waals surface area contributed by atoms with Crippen LogP contribution in [0.3, 0.4) is 0 Å². The molecule has 2 rings (SSSR count). The van der Waals surface area contributed by atoms with Crippen molar-refractivity contribution in [1.82, 2.24) is 4.98 Å². The summed E-state index contributed by atoms with van der Waals surface area (Å²) in [5, 5.41) is 11.7. The summed E-state index contributed by atoms with van der Waals surface area (Å²) >= 11 is 0. The molecule has 5 heteroatoms. The van der Waals surface area contributed by atoms with E-state index in [1.54, 1.807) is 12.1 Å². The Morgan fingerprint density at radius 1 is 1.25 bits per heavy atom. The molecule has 2 N–H and O–H groups in total. The van der Waals surface area contributed by atoms with Crippen molar-refractivity contribution in [2.45, 2.75) is 44.9 Å². The quantitative estimate of drug-likeness (QED) is 0.828. The van der Waals surface area contributed by atoms with Crippen LogP contribution in [-0.2, 0) is 4.79 Å². The van der Waals surface area contributed by atoms with E-state index in [-0.39, 0.29) is 17.3 Å². The fourth-order valence-corrected chi connectivity index (χ4v) is 2.71.